The van der Waals surface area contributed by atoms with Gasteiger partial charge in [-0.05, 0) is 48.9 Å². The second-order valence-electron chi connectivity index (χ2n) is 5.54. The van der Waals surface area contributed by atoms with Crippen LogP contribution in [0.1, 0.15) is 16.8 Å². The Morgan fingerprint density at radius 1 is 0.917 bits per heavy atom. The maximum absolute atomic E-state index is 9.95. The van der Waals surface area contributed by atoms with E-state index in [1.54, 1.807) is 12.1 Å². The molecule has 0 fully saturated rings. The molecule has 0 aliphatic rings. The zero-order chi connectivity index (χ0) is 17.1. The van der Waals surface area contributed by atoms with Crippen LogP contribution in [0, 0.1) is 6.92 Å². The standard InChI is InChI=1S/C20H19NO3/c1-13-4-9-17-15(10-13)6-8-16(21-17)7-5-14-11-18(23-2)20(22)19(12-14)24-3/h4-12,22H,1-3H3/b7-5+. The van der Waals surface area contributed by atoms with Gasteiger partial charge in [0.15, 0.2) is 11.5 Å². The molecule has 0 saturated carbocycles. The van der Waals surface area contributed by atoms with Crippen molar-refractivity contribution in [2.45, 2.75) is 6.92 Å². The number of aromatic hydroxyl groups is 1. The molecular weight excluding hydrogens is 302 g/mol. The van der Waals surface area contributed by atoms with Crippen LogP contribution in [-0.2, 0) is 0 Å². The largest absolute Gasteiger partial charge is 0.502 e. The number of nitrogens with zero attached hydrogens (tertiary/aromatic N) is 1. The molecule has 1 N–H and O–H groups in total. The lowest BCUT2D eigenvalue weighted by molar-refractivity contribution is 0.340. The highest BCUT2D eigenvalue weighted by atomic mass is 16.5. The van der Waals surface area contributed by atoms with E-state index in [9.17, 15) is 5.11 Å². The first kappa shape index (κ1) is 15.9. The molecule has 0 aliphatic heterocycles. The molecular formula is C20H19NO3. The highest BCUT2D eigenvalue weighted by Gasteiger charge is 2.09. The minimum Gasteiger partial charge on any atom is -0.502 e. The van der Waals surface area contributed by atoms with Crippen LogP contribution in [0.15, 0.2) is 42.5 Å². The number of phenolic OH excluding ortho intramolecular Hbond substituents is 1. The lowest BCUT2D eigenvalue weighted by Crippen LogP contribution is -1.90. The van der Waals surface area contributed by atoms with Crippen LogP contribution in [-0.4, -0.2) is 24.3 Å². The summed E-state index contributed by atoms with van der Waals surface area (Å²) in [7, 11) is 3.02. The second-order valence-corrected chi connectivity index (χ2v) is 5.54. The predicted octanol–water partition coefficient (Wildman–Crippen LogP) is 4.44. The smallest absolute Gasteiger partial charge is 0.200 e. The summed E-state index contributed by atoms with van der Waals surface area (Å²) in [5.74, 6) is 0.739. The molecule has 0 radical (unpaired) electrons. The Labute approximate surface area is 141 Å². The SMILES string of the molecule is COc1cc(/C=C/c2ccc3cc(C)ccc3n2)cc(OC)c1O. The van der Waals surface area contributed by atoms with Crippen LogP contribution < -0.4 is 9.47 Å². The number of hydrogen-bond acceptors (Lipinski definition) is 4. The number of pyridine rings is 1. The summed E-state index contributed by atoms with van der Waals surface area (Å²) in [4.78, 5) is 4.64. The summed E-state index contributed by atoms with van der Waals surface area (Å²) in [5.41, 5.74) is 3.89. The first-order valence-electron chi connectivity index (χ1n) is 7.61. The Kier molecular flexibility index (Phi) is 4.38. The van der Waals surface area contributed by atoms with E-state index in [0.29, 0.717) is 11.5 Å². The van der Waals surface area contributed by atoms with Crippen molar-refractivity contribution < 1.29 is 14.6 Å². The topological polar surface area (TPSA) is 51.6 Å². The van der Waals surface area contributed by atoms with Crippen LogP contribution in [0.4, 0.5) is 0 Å². The average molecular weight is 321 g/mol. The lowest BCUT2D eigenvalue weighted by Gasteiger charge is -2.09. The molecule has 4 nitrogen and oxygen atoms in total. The van der Waals surface area contributed by atoms with E-state index < -0.39 is 0 Å². The van der Waals surface area contributed by atoms with E-state index in [-0.39, 0.29) is 5.75 Å². The zero-order valence-corrected chi connectivity index (χ0v) is 13.9. The molecule has 1 heterocycles. The Morgan fingerprint density at radius 3 is 2.29 bits per heavy atom. The van der Waals surface area contributed by atoms with Crippen LogP contribution in [0.25, 0.3) is 23.1 Å². The number of hydrogen-bond donors (Lipinski definition) is 1. The predicted molar refractivity (Wildman–Crippen MR) is 96.6 cm³/mol. The minimum absolute atomic E-state index is 0.00338. The normalized spacial score (nSPS) is 11.1. The van der Waals surface area contributed by atoms with Gasteiger partial charge in [-0.2, -0.15) is 0 Å². The molecule has 0 bridgehead atoms. The van der Waals surface area contributed by atoms with Crippen molar-refractivity contribution in [3.8, 4) is 17.2 Å². The molecule has 0 atom stereocenters. The van der Waals surface area contributed by atoms with Crippen molar-refractivity contribution >= 4 is 23.1 Å². The molecule has 0 spiro atoms. The van der Waals surface area contributed by atoms with E-state index in [4.69, 9.17) is 9.47 Å². The molecule has 4 heteroatoms. The molecule has 2 aromatic carbocycles. The van der Waals surface area contributed by atoms with Crippen LogP contribution in [0.2, 0.25) is 0 Å². The van der Waals surface area contributed by atoms with Gasteiger partial charge in [-0.25, -0.2) is 4.98 Å². The van der Waals surface area contributed by atoms with Crippen molar-refractivity contribution in [1.29, 1.82) is 0 Å². The van der Waals surface area contributed by atoms with Crippen molar-refractivity contribution in [3.63, 3.8) is 0 Å². The van der Waals surface area contributed by atoms with Crippen molar-refractivity contribution in [2.24, 2.45) is 0 Å². The molecule has 0 amide bonds. The van der Waals surface area contributed by atoms with E-state index in [1.165, 1.54) is 19.8 Å². The third kappa shape index (κ3) is 3.18. The molecule has 0 aliphatic carbocycles. The molecule has 122 valence electrons. The summed E-state index contributed by atoms with van der Waals surface area (Å²) in [6.45, 7) is 2.07. The van der Waals surface area contributed by atoms with Crippen molar-refractivity contribution in [2.75, 3.05) is 14.2 Å². The lowest BCUT2D eigenvalue weighted by atomic mass is 10.1. The Balaban J connectivity index is 1.94. The molecule has 24 heavy (non-hydrogen) atoms. The molecule has 0 saturated heterocycles. The third-order valence-corrected chi connectivity index (χ3v) is 3.81. The maximum Gasteiger partial charge on any atom is 0.200 e. The molecule has 1 aromatic heterocycles. The summed E-state index contributed by atoms with van der Waals surface area (Å²) < 4.78 is 10.3. The van der Waals surface area contributed by atoms with Crippen molar-refractivity contribution in [1.82, 2.24) is 4.98 Å². The van der Waals surface area contributed by atoms with Gasteiger partial charge >= 0.3 is 0 Å². The van der Waals surface area contributed by atoms with Crippen LogP contribution in [0.3, 0.4) is 0 Å². The van der Waals surface area contributed by atoms with Crippen LogP contribution >= 0.6 is 0 Å². The molecule has 0 unspecified atom stereocenters. The monoisotopic (exact) mass is 321 g/mol. The van der Waals surface area contributed by atoms with Gasteiger partial charge in [0.05, 0.1) is 25.4 Å². The number of rotatable bonds is 4. The maximum atomic E-state index is 9.95. The number of aryl methyl sites for hydroxylation is 1. The van der Waals surface area contributed by atoms with Gasteiger partial charge in [0, 0.05) is 5.39 Å². The molecule has 3 aromatic rings. The van der Waals surface area contributed by atoms with Gasteiger partial charge in [0.1, 0.15) is 0 Å². The number of methoxy groups -OCH3 is 2. The number of aromatic nitrogens is 1. The Bertz CT molecular complexity index is 891. The van der Waals surface area contributed by atoms with E-state index in [2.05, 4.69) is 30.1 Å². The van der Waals surface area contributed by atoms with E-state index in [0.717, 1.165) is 22.2 Å². The fourth-order valence-electron chi connectivity index (χ4n) is 2.55. The molecule has 3 rings (SSSR count). The fraction of sp³-hybridized carbons (Fsp3) is 0.150. The van der Waals surface area contributed by atoms with Gasteiger partial charge in [0.2, 0.25) is 5.75 Å². The zero-order valence-electron chi connectivity index (χ0n) is 13.9. The average Bonchev–Trinajstić information content (AvgIpc) is 2.60. The van der Waals surface area contributed by atoms with E-state index >= 15 is 0 Å². The van der Waals surface area contributed by atoms with Gasteiger partial charge in [-0.15, -0.1) is 0 Å². The second kappa shape index (κ2) is 6.62. The highest BCUT2D eigenvalue weighted by Crippen LogP contribution is 2.37. The summed E-state index contributed by atoms with van der Waals surface area (Å²) >= 11 is 0. The number of ether oxygens (including phenoxy) is 2. The minimum atomic E-state index is -0.00338. The van der Waals surface area contributed by atoms with Gasteiger partial charge in [0.25, 0.3) is 0 Å². The quantitative estimate of drug-likeness (QED) is 0.772. The Hall–Kier alpha value is -3.01. The first-order valence-corrected chi connectivity index (χ1v) is 7.61. The summed E-state index contributed by atoms with van der Waals surface area (Å²) in [6.07, 6.45) is 3.83. The van der Waals surface area contributed by atoms with Gasteiger partial charge in [-0.1, -0.05) is 23.8 Å². The van der Waals surface area contributed by atoms with Crippen LogP contribution in [0.5, 0.6) is 17.2 Å². The third-order valence-electron chi connectivity index (χ3n) is 3.81. The Morgan fingerprint density at radius 2 is 1.62 bits per heavy atom. The number of benzene rings is 2. The van der Waals surface area contributed by atoms with Gasteiger partial charge < -0.3 is 14.6 Å². The highest BCUT2D eigenvalue weighted by molar-refractivity contribution is 5.81. The number of phenols is 1. The first-order chi connectivity index (χ1) is 11.6. The number of fused-ring (bicyclic) bond motifs is 1. The summed E-state index contributed by atoms with van der Waals surface area (Å²) in [5, 5.41) is 11.1. The summed E-state index contributed by atoms with van der Waals surface area (Å²) in [6, 6.07) is 13.7. The van der Waals surface area contributed by atoms with E-state index in [1.807, 2.05) is 24.3 Å². The van der Waals surface area contributed by atoms with Crippen molar-refractivity contribution in [3.05, 3.63) is 59.3 Å². The van der Waals surface area contributed by atoms with Gasteiger partial charge in [-0.3, -0.25) is 0 Å². The fourth-order valence-corrected chi connectivity index (χ4v) is 2.55.